The van der Waals surface area contributed by atoms with Crippen molar-refractivity contribution in [2.24, 2.45) is 0 Å². The first-order valence-electron chi connectivity index (χ1n) is 4.69. The minimum absolute atomic E-state index is 0.0480. The van der Waals surface area contributed by atoms with Gasteiger partial charge < -0.3 is 5.32 Å². The molecule has 1 amide bonds. The summed E-state index contributed by atoms with van der Waals surface area (Å²) < 4.78 is 0. The summed E-state index contributed by atoms with van der Waals surface area (Å²) in [7, 11) is 2.00. The van der Waals surface area contributed by atoms with E-state index in [0.29, 0.717) is 0 Å². The van der Waals surface area contributed by atoms with Crippen molar-refractivity contribution >= 4 is 5.91 Å². The maximum absolute atomic E-state index is 11.2. The highest BCUT2D eigenvalue weighted by atomic mass is 16.2. The summed E-state index contributed by atoms with van der Waals surface area (Å²) in [5.74, 6) is 0.165. The van der Waals surface area contributed by atoms with Crippen LogP contribution in [0.5, 0.6) is 0 Å². The molecule has 12 heavy (non-hydrogen) atoms. The van der Waals surface area contributed by atoms with Crippen LogP contribution in [0, 0.1) is 0 Å². The van der Waals surface area contributed by atoms with E-state index < -0.39 is 0 Å². The molecule has 0 aromatic heterocycles. The number of unbranched alkanes of at least 4 members (excludes halogenated alkanes) is 1. The van der Waals surface area contributed by atoms with Crippen molar-refractivity contribution in [3.05, 3.63) is 0 Å². The molecule has 0 radical (unpaired) electrons. The Hall–Kier alpha value is -0.570. The van der Waals surface area contributed by atoms with Gasteiger partial charge in [0.1, 0.15) is 0 Å². The third-order valence-corrected chi connectivity index (χ3v) is 2.62. The van der Waals surface area contributed by atoms with Crippen LogP contribution in [0.2, 0.25) is 0 Å². The Kier molecular flexibility index (Phi) is 3.09. The van der Waals surface area contributed by atoms with Gasteiger partial charge in [-0.3, -0.25) is 9.69 Å². The number of nitrogens with one attached hydrogen (secondary N) is 1. The van der Waals surface area contributed by atoms with Crippen molar-refractivity contribution in [2.45, 2.75) is 45.3 Å². The summed E-state index contributed by atoms with van der Waals surface area (Å²) in [6, 6.07) is 0.0480. The van der Waals surface area contributed by atoms with Crippen molar-refractivity contribution < 1.29 is 4.79 Å². The molecule has 1 saturated heterocycles. The maximum Gasteiger partial charge on any atom is 0.238 e. The molecule has 70 valence electrons. The molecule has 1 aliphatic rings. The fourth-order valence-corrected chi connectivity index (χ4v) is 1.51. The third-order valence-electron chi connectivity index (χ3n) is 2.62. The van der Waals surface area contributed by atoms with Crippen molar-refractivity contribution in [3.8, 4) is 0 Å². The molecule has 2 atom stereocenters. The number of hydrogen-bond donors (Lipinski definition) is 1. The Balaban J connectivity index is 2.41. The van der Waals surface area contributed by atoms with E-state index in [1.165, 1.54) is 12.8 Å². The van der Waals surface area contributed by atoms with Gasteiger partial charge in [-0.15, -0.1) is 0 Å². The van der Waals surface area contributed by atoms with Crippen LogP contribution in [0.25, 0.3) is 0 Å². The first-order valence-corrected chi connectivity index (χ1v) is 4.69. The van der Waals surface area contributed by atoms with E-state index in [2.05, 4.69) is 17.1 Å². The highest BCUT2D eigenvalue weighted by Gasteiger charge is 2.32. The molecule has 0 aliphatic carbocycles. The topological polar surface area (TPSA) is 32.3 Å². The molecule has 1 rings (SSSR count). The van der Waals surface area contributed by atoms with Crippen LogP contribution in [0.4, 0.5) is 0 Å². The number of carbonyl (C=O) groups is 1. The molecule has 3 heteroatoms. The average Bonchev–Trinajstić information content (AvgIpc) is 2.30. The van der Waals surface area contributed by atoms with Crippen molar-refractivity contribution in [1.29, 1.82) is 0 Å². The molecular weight excluding hydrogens is 152 g/mol. The molecule has 3 nitrogen and oxygen atoms in total. The highest BCUT2D eigenvalue weighted by Crippen LogP contribution is 2.14. The van der Waals surface area contributed by atoms with Crippen molar-refractivity contribution in [1.82, 2.24) is 10.2 Å². The molecule has 1 N–H and O–H groups in total. The molecule has 1 heterocycles. The minimum Gasteiger partial charge on any atom is -0.339 e. The van der Waals surface area contributed by atoms with E-state index in [0.717, 1.165) is 6.42 Å². The quantitative estimate of drug-likeness (QED) is 0.684. The van der Waals surface area contributed by atoms with Crippen LogP contribution >= 0.6 is 0 Å². The largest absolute Gasteiger partial charge is 0.339 e. The van der Waals surface area contributed by atoms with Crippen LogP contribution in [0.1, 0.15) is 33.1 Å². The summed E-state index contributed by atoms with van der Waals surface area (Å²) in [6.45, 7) is 4.11. The lowest BCUT2D eigenvalue weighted by molar-refractivity contribution is -0.120. The van der Waals surface area contributed by atoms with Crippen LogP contribution in [-0.4, -0.2) is 30.1 Å². The predicted octanol–water partition coefficient (Wildman–Crippen LogP) is 0.953. The molecule has 1 fully saturated rings. The molecule has 0 aromatic rings. The Morgan fingerprint density at radius 2 is 2.25 bits per heavy atom. The van der Waals surface area contributed by atoms with Crippen molar-refractivity contribution in [3.63, 3.8) is 0 Å². The van der Waals surface area contributed by atoms with Gasteiger partial charge in [0.25, 0.3) is 0 Å². The van der Waals surface area contributed by atoms with Gasteiger partial charge in [-0.2, -0.15) is 0 Å². The lowest BCUT2D eigenvalue weighted by Gasteiger charge is -2.20. The second-order valence-corrected chi connectivity index (χ2v) is 3.51. The normalized spacial score (nSPS) is 30.8. The number of amides is 1. The zero-order valence-corrected chi connectivity index (χ0v) is 8.13. The molecule has 0 saturated carbocycles. The first kappa shape index (κ1) is 9.52. The van der Waals surface area contributed by atoms with Gasteiger partial charge in [0, 0.05) is 0 Å². The molecule has 0 bridgehead atoms. The second kappa shape index (κ2) is 3.90. The first-order chi connectivity index (χ1) is 5.66. The number of carbonyl (C=O) groups excluding carboxylic acids is 1. The van der Waals surface area contributed by atoms with Gasteiger partial charge in [-0.05, 0) is 20.4 Å². The summed E-state index contributed by atoms with van der Waals surface area (Å²) in [6.07, 6.45) is 3.71. The number of rotatable bonds is 3. The molecule has 0 spiro atoms. The Labute approximate surface area is 74.1 Å². The SMILES string of the molecule is CCCC[C@@H]1NC(=O)[C@H](C)N1C. The maximum atomic E-state index is 11.2. The van der Waals surface area contributed by atoms with Gasteiger partial charge in [0.2, 0.25) is 5.91 Å². The van der Waals surface area contributed by atoms with Crippen LogP contribution in [-0.2, 0) is 4.79 Å². The summed E-state index contributed by atoms with van der Waals surface area (Å²) >= 11 is 0. The molecule has 0 aromatic carbocycles. The molecule has 1 aliphatic heterocycles. The zero-order chi connectivity index (χ0) is 9.14. The van der Waals surface area contributed by atoms with Crippen molar-refractivity contribution in [2.75, 3.05) is 7.05 Å². The lowest BCUT2D eigenvalue weighted by Crippen LogP contribution is -2.34. The zero-order valence-electron chi connectivity index (χ0n) is 8.13. The number of nitrogens with zero attached hydrogens (tertiary/aromatic N) is 1. The Morgan fingerprint density at radius 1 is 1.58 bits per heavy atom. The smallest absolute Gasteiger partial charge is 0.238 e. The van der Waals surface area contributed by atoms with E-state index in [9.17, 15) is 4.79 Å². The predicted molar refractivity (Wildman–Crippen MR) is 48.7 cm³/mol. The number of hydrogen-bond acceptors (Lipinski definition) is 2. The Bertz CT molecular complexity index is 170. The van der Waals surface area contributed by atoms with Gasteiger partial charge >= 0.3 is 0 Å². The number of likely N-dealkylation sites (N-methyl/N-ethyl adjacent to an activating group) is 1. The van der Waals surface area contributed by atoms with Gasteiger partial charge in [0.15, 0.2) is 0 Å². The minimum atomic E-state index is 0.0480. The van der Waals surface area contributed by atoms with Gasteiger partial charge in [-0.25, -0.2) is 0 Å². The molecule has 0 unspecified atom stereocenters. The van der Waals surface area contributed by atoms with Crippen LogP contribution < -0.4 is 5.32 Å². The summed E-state index contributed by atoms with van der Waals surface area (Å²) in [4.78, 5) is 13.3. The highest BCUT2D eigenvalue weighted by molar-refractivity contribution is 5.83. The lowest BCUT2D eigenvalue weighted by atomic mass is 10.2. The second-order valence-electron chi connectivity index (χ2n) is 3.51. The van der Waals surface area contributed by atoms with E-state index >= 15 is 0 Å². The fraction of sp³-hybridized carbons (Fsp3) is 0.889. The van der Waals surface area contributed by atoms with Crippen LogP contribution in [0.15, 0.2) is 0 Å². The standard InChI is InChI=1S/C9H18N2O/c1-4-5-6-8-10-9(12)7(2)11(8)3/h7-8H,4-6H2,1-3H3,(H,10,12)/t7-,8+/m0/s1. The fourth-order valence-electron chi connectivity index (χ4n) is 1.51. The summed E-state index contributed by atoms with van der Waals surface area (Å²) in [5, 5.41) is 2.98. The van der Waals surface area contributed by atoms with Gasteiger partial charge in [0.05, 0.1) is 12.2 Å². The van der Waals surface area contributed by atoms with E-state index in [-0.39, 0.29) is 18.1 Å². The molecular formula is C9H18N2O. The third kappa shape index (κ3) is 1.78. The average molecular weight is 170 g/mol. The Morgan fingerprint density at radius 3 is 2.67 bits per heavy atom. The monoisotopic (exact) mass is 170 g/mol. The van der Waals surface area contributed by atoms with Crippen LogP contribution in [0.3, 0.4) is 0 Å². The van der Waals surface area contributed by atoms with E-state index in [1.54, 1.807) is 0 Å². The van der Waals surface area contributed by atoms with E-state index in [4.69, 9.17) is 0 Å². The summed E-state index contributed by atoms with van der Waals surface area (Å²) in [5.41, 5.74) is 0. The van der Waals surface area contributed by atoms with E-state index in [1.807, 2.05) is 14.0 Å². The van der Waals surface area contributed by atoms with Gasteiger partial charge in [-0.1, -0.05) is 19.8 Å².